The van der Waals surface area contributed by atoms with Crippen molar-refractivity contribution in [1.82, 2.24) is 10.3 Å². The number of alkyl halides is 1. The molecule has 1 aromatic carbocycles. The molecule has 2 aromatic rings. The molecule has 0 saturated heterocycles. The first-order chi connectivity index (χ1) is 10.3. The molecular formula is C17H19ClN2O. The van der Waals surface area contributed by atoms with E-state index >= 15 is 0 Å². The molecule has 2 atom stereocenters. The fourth-order valence-electron chi connectivity index (χ4n) is 3.01. The number of fused-ring (bicyclic) bond motifs is 1. The molecule has 1 aromatic heterocycles. The van der Waals surface area contributed by atoms with Gasteiger partial charge in [-0.15, -0.1) is 11.6 Å². The van der Waals surface area contributed by atoms with E-state index in [4.69, 9.17) is 11.6 Å². The molecule has 1 aliphatic rings. The van der Waals surface area contributed by atoms with Gasteiger partial charge in [-0.25, -0.2) is 0 Å². The van der Waals surface area contributed by atoms with E-state index in [1.54, 1.807) is 6.20 Å². The number of amides is 1. The molecule has 0 aliphatic heterocycles. The van der Waals surface area contributed by atoms with Crippen LogP contribution >= 0.6 is 11.6 Å². The Balaban J connectivity index is 1.72. The zero-order valence-corrected chi connectivity index (χ0v) is 12.6. The number of carbonyl (C=O) groups excluding carboxylic acids is 1. The fraction of sp³-hybridized carbons (Fsp3) is 0.412. The van der Waals surface area contributed by atoms with E-state index in [1.807, 2.05) is 30.3 Å². The number of rotatable bonds is 3. The second kappa shape index (κ2) is 6.44. The van der Waals surface area contributed by atoms with Gasteiger partial charge in [-0.2, -0.15) is 0 Å². The van der Waals surface area contributed by atoms with Crippen LogP contribution in [0.15, 0.2) is 36.5 Å². The monoisotopic (exact) mass is 302 g/mol. The Morgan fingerprint density at radius 1 is 1.24 bits per heavy atom. The van der Waals surface area contributed by atoms with Crippen LogP contribution in [-0.4, -0.2) is 22.8 Å². The summed E-state index contributed by atoms with van der Waals surface area (Å²) in [5.74, 6) is 0.348. The Hall–Kier alpha value is -1.61. The maximum absolute atomic E-state index is 12.4. The predicted octanol–water partition coefficient (Wildman–Crippen LogP) is 3.76. The largest absolute Gasteiger partial charge is 0.352 e. The van der Waals surface area contributed by atoms with Crippen molar-refractivity contribution in [2.75, 3.05) is 6.54 Å². The minimum atomic E-state index is -0.0389. The highest BCUT2D eigenvalue weighted by Crippen LogP contribution is 2.28. The number of aromatic nitrogens is 1. The standard InChI is InChI=1S/C17H19ClN2O/c18-15-8-2-1-5-12(15)11-20-17(21)14-6-3-9-16-13(14)7-4-10-19-16/h3-4,6-7,9-10,12,15H,1-2,5,8,11H2,(H,20,21). The molecule has 3 rings (SSSR count). The summed E-state index contributed by atoms with van der Waals surface area (Å²) in [6, 6.07) is 9.42. The minimum absolute atomic E-state index is 0.0389. The first-order valence-electron chi connectivity index (χ1n) is 7.52. The zero-order chi connectivity index (χ0) is 14.7. The van der Waals surface area contributed by atoms with Crippen molar-refractivity contribution < 1.29 is 4.79 Å². The SMILES string of the molecule is O=C(NCC1CCCCC1Cl)c1cccc2ncccc12. The minimum Gasteiger partial charge on any atom is -0.352 e. The summed E-state index contributed by atoms with van der Waals surface area (Å²) in [6.07, 6.45) is 6.31. The Kier molecular flexibility index (Phi) is 4.39. The molecule has 2 unspecified atom stereocenters. The summed E-state index contributed by atoms with van der Waals surface area (Å²) in [5.41, 5.74) is 1.53. The third-order valence-corrected chi connectivity index (χ3v) is 4.81. The number of nitrogens with zero attached hydrogens (tertiary/aromatic N) is 1. The molecule has 3 nitrogen and oxygen atoms in total. The lowest BCUT2D eigenvalue weighted by Gasteiger charge is -2.27. The molecule has 110 valence electrons. The molecule has 1 amide bonds. The first-order valence-corrected chi connectivity index (χ1v) is 7.95. The lowest BCUT2D eigenvalue weighted by molar-refractivity contribution is 0.0946. The van der Waals surface area contributed by atoms with Crippen molar-refractivity contribution >= 4 is 28.4 Å². The summed E-state index contributed by atoms with van der Waals surface area (Å²) < 4.78 is 0. The lowest BCUT2D eigenvalue weighted by Crippen LogP contribution is -2.34. The molecule has 1 aliphatic carbocycles. The molecule has 0 spiro atoms. The van der Waals surface area contributed by atoms with E-state index in [-0.39, 0.29) is 11.3 Å². The number of halogens is 1. The number of hydrogen-bond acceptors (Lipinski definition) is 2. The van der Waals surface area contributed by atoms with Crippen molar-refractivity contribution in [3.05, 3.63) is 42.1 Å². The molecule has 1 saturated carbocycles. The number of nitrogens with one attached hydrogen (secondary N) is 1. The Labute approximate surface area is 129 Å². The molecule has 1 N–H and O–H groups in total. The summed E-state index contributed by atoms with van der Waals surface area (Å²) in [5, 5.41) is 4.12. The highest BCUT2D eigenvalue weighted by Gasteiger charge is 2.23. The van der Waals surface area contributed by atoms with E-state index in [2.05, 4.69) is 10.3 Å². The second-order valence-corrected chi connectivity index (χ2v) is 6.21. The van der Waals surface area contributed by atoms with E-state index in [0.29, 0.717) is 18.0 Å². The Bertz CT molecular complexity index is 638. The number of pyridine rings is 1. The topological polar surface area (TPSA) is 42.0 Å². The van der Waals surface area contributed by atoms with Gasteiger partial charge >= 0.3 is 0 Å². The van der Waals surface area contributed by atoms with Gasteiger partial charge in [0, 0.05) is 29.1 Å². The molecule has 4 heteroatoms. The van der Waals surface area contributed by atoms with Crippen LogP contribution in [0.2, 0.25) is 0 Å². The van der Waals surface area contributed by atoms with Crippen LogP contribution in [0.25, 0.3) is 10.9 Å². The first kappa shape index (κ1) is 14.3. The van der Waals surface area contributed by atoms with Crippen molar-refractivity contribution in [2.45, 2.75) is 31.1 Å². The Morgan fingerprint density at radius 2 is 2.10 bits per heavy atom. The van der Waals surface area contributed by atoms with Gasteiger partial charge in [-0.1, -0.05) is 25.0 Å². The third-order valence-electron chi connectivity index (χ3n) is 4.23. The van der Waals surface area contributed by atoms with Gasteiger partial charge in [-0.05, 0) is 37.0 Å². The Morgan fingerprint density at radius 3 is 2.95 bits per heavy atom. The van der Waals surface area contributed by atoms with Crippen LogP contribution in [0, 0.1) is 5.92 Å². The van der Waals surface area contributed by atoms with E-state index in [9.17, 15) is 4.79 Å². The normalized spacial score (nSPS) is 22.1. The van der Waals surface area contributed by atoms with Gasteiger partial charge in [-0.3, -0.25) is 9.78 Å². The molecule has 0 bridgehead atoms. The van der Waals surface area contributed by atoms with Crippen LogP contribution in [0.5, 0.6) is 0 Å². The fourth-order valence-corrected chi connectivity index (χ4v) is 3.38. The van der Waals surface area contributed by atoms with Gasteiger partial charge in [0.2, 0.25) is 0 Å². The van der Waals surface area contributed by atoms with Crippen molar-refractivity contribution in [3.8, 4) is 0 Å². The maximum atomic E-state index is 12.4. The molecule has 1 fully saturated rings. The van der Waals surface area contributed by atoms with Crippen LogP contribution in [-0.2, 0) is 0 Å². The van der Waals surface area contributed by atoms with Crippen LogP contribution < -0.4 is 5.32 Å². The smallest absolute Gasteiger partial charge is 0.251 e. The van der Waals surface area contributed by atoms with E-state index in [0.717, 1.165) is 23.7 Å². The third kappa shape index (κ3) is 3.18. The van der Waals surface area contributed by atoms with Gasteiger partial charge in [0.15, 0.2) is 0 Å². The van der Waals surface area contributed by atoms with Crippen LogP contribution in [0.4, 0.5) is 0 Å². The van der Waals surface area contributed by atoms with Crippen molar-refractivity contribution in [2.24, 2.45) is 5.92 Å². The highest BCUT2D eigenvalue weighted by molar-refractivity contribution is 6.20. The van der Waals surface area contributed by atoms with Gasteiger partial charge in [0.05, 0.1) is 5.52 Å². The average Bonchev–Trinajstić information content (AvgIpc) is 2.53. The average molecular weight is 303 g/mol. The van der Waals surface area contributed by atoms with E-state index < -0.39 is 0 Å². The van der Waals surface area contributed by atoms with Gasteiger partial charge in [0.1, 0.15) is 0 Å². The highest BCUT2D eigenvalue weighted by atomic mass is 35.5. The number of hydrogen-bond donors (Lipinski definition) is 1. The molecule has 0 radical (unpaired) electrons. The van der Waals surface area contributed by atoms with Crippen molar-refractivity contribution in [1.29, 1.82) is 0 Å². The predicted molar refractivity (Wildman–Crippen MR) is 85.7 cm³/mol. The number of benzene rings is 1. The molecule has 21 heavy (non-hydrogen) atoms. The lowest BCUT2D eigenvalue weighted by atomic mass is 9.88. The number of carbonyl (C=O) groups is 1. The van der Waals surface area contributed by atoms with Crippen LogP contribution in [0.1, 0.15) is 36.0 Å². The summed E-state index contributed by atoms with van der Waals surface area (Å²) in [6.45, 7) is 0.656. The zero-order valence-electron chi connectivity index (χ0n) is 11.9. The molecule has 1 heterocycles. The van der Waals surface area contributed by atoms with Crippen molar-refractivity contribution in [3.63, 3.8) is 0 Å². The summed E-state index contributed by atoms with van der Waals surface area (Å²) in [7, 11) is 0. The second-order valence-electron chi connectivity index (χ2n) is 5.65. The molecular weight excluding hydrogens is 284 g/mol. The van der Waals surface area contributed by atoms with Gasteiger partial charge < -0.3 is 5.32 Å². The van der Waals surface area contributed by atoms with Gasteiger partial charge in [0.25, 0.3) is 5.91 Å². The maximum Gasteiger partial charge on any atom is 0.251 e. The summed E-state index contributed by atoms with van der Waals surface area (Å²) in [4.78, 5) is 16.7. The van der Waals surface area contributed by atoms with E-state index in [1.165, 1.54) is 12.8 Å². The summed E-state index contributed by atoms with van der Waals surface area (Å²) >= 11 is 6.35. The quantitative estimate of drug-likeness (QED) is 0.877. The van der Waals surface area contributed by atoms with Crippen LogP contribution in [0.3, 0.4) is 0 Å².